The Morgan fingerprint density at radius 1 is 1.38 bits per heavy atom. The third-order valence-corrected chi connectivity index (χ3v) is 4.05. The predicted molar refractivity (Wildman–Crippen MR) is 50.1 cm³/mol. The van der Waals surface area contributed by atoms with Gasteiger partial charge in [-0.25, -0.2) is 8.42 Å². The summed E-state index contributed by atoms with van der Waals surface area (Å²) in [6.07, 6.45) is 5.82. The third-order valence-electron chi connectivity index (χ3n) is 2.20. The Kier molecular flexibility index (Phi) is 1.67. The lowest BCUT2D eigenvalue weighted by Crippen LogP contribution is -2.00. The van der Waals surface area contributed by atoms with E-state index < -0.39 is 9.84 Å². The molecule has 0 bridgehead atoms. The molecule has 13 heavy (non-hydrogen) atoms. The lowest BCUT2D eigenvalue weighted by atomic mass is 10.1. The van der Waals surface area contributed by atoms with Crippen molar-refractivity contribution >= 4 is 9.84 Å². The molecule has 66 valence electrons. The second kappa shape index (κ2) is 2.61. The molecule has 0 amide bonds. The van der Waals surface area contributed by atoms with Crippen LogP contribution in [0.2, 0.25) is 0 Å². The Hall–Kier alpha value is -1.27. The van der Waals surface area contributed by atoms with Gasteiger partial charge in [0.25, 0.3) is 0 Å². The van der Waals surface area contributed by atoms with Gasteiger partial charge >= 0.3 is 0 Å². The van der Waals surface area contributed by atoms with Gasteiger partial charge in [0.05, 0.1) is 10.6 Å². The monoisotopic (exact) mass is 192 g/mol. The Morgan fingerprint density at radius 3 is 2.85 bits per heavy atom. The van der Waals surface area contributed by atoms with Gasteiger partial charge in [-0.2, -0.15) is 0 Å². The molecule has 0 N–H and O–H groups in total. The van der Waals surface area contributed by atoms with Crippen molar-refractivity contribution in [2.45, 2.75) is 11.3 Å². The van der Waals surface area contributed by atoms with E-state index >= 15 is 0 Å². The van der Waals surface area contributed by atoms with Gasteiger partial charge in [0.15, 0.2) is 9.84 Å². The quantitative estimate of drug-likeness (QED) is 0.575. The molecule has 3 heteroatoms. The van der Waals surface area contributed by atoms with E-state index in [1.807, 2.05) is 6.07 Å². The minimum absolute atomic E-state index is 0.195. The van der Waals surface area contributed by atoms with Crippen molar-refractivity contribution in [3.8, 4) is 12.3 Å². The molecule has 1 aromatic carbocycles. The standard InChI is InChI=1S/C10H8O2S/c1-2-8-4-3-5-9-6-7-13(11,12)10(8)9/h1,3-5H,6-7H2. The predicted octanol–water partition coefficient (Wildman–Crippen LogP) is 0.998. The van der Waals surface area contributed by atoms with E-state index in [1.54, 1.807) is 12.1 Å². The van der Waals surface area contributed by atoms with Crippen LogP contribution in [0.15, 0.2) is 23.1 Å². The minimum Gasteiger partial charge on any atom is -0.224 e. The molecule has 0 aromatic heterocycles. The smallest absolute Gasteiger partial charge is 0.180 e. The largest absolute Gasteiger partial charge is 0.224 e. The summed E-state index contributed by atoms with van der Waals surface area (Å²) in [4.78, 5) is 0.373. The zero-order chi connectivity index (χ0) is 9.47. The maximum absolute atomic E-state index is 11.5. The minimum atomic E-state index is -3.09. The van der Waals surface area contributed by atoms with Crippen molar-refractivity contribution in [2.75, 3.05) is 5.75 Å². The van der Waals surface area contributed by atoms with Crippen molar-refractivity contribution < 1.29 is 8.42 Å². The first-order valence-corrected chi connectivity index (χ1v) is 5.61. The third kappa shape index (κ3) is 1.14. The summed E-state index contributed by atoms with van der Waals surface area (Å²) in [5, 5.41) is 0. The molecule has 2 rings (SSSR count). The van der Waals surface area contributed by atoms with Crippen molar-refractivity contribution in [1.82, 2.24) is 0 Å². The molecule has 1 aliphatic rings. The lowest BCUT2D eigenvalue weighted by Gasteiger charge is -2.00. The van der Waals surface area contributed by atoms with Gasteiger partial charge in [0.1, 0.15) is 0 Å². The molecule has 0 spiro atoms. The van der Waals surface area contributed by atoms with E-state index in [0.29, 0.717) is 16.9 Å². The van der Waals surface area contributed by atoms with Gasteiger partial charge in [-0.15, -0.1) is 6.42 Å². The van der Waals surface area contributed by atoms with Crippen LogP contribution in [0.25, 0.3) is 0 Å². The van der Waals surface area contributed by atoms with Crippen LogP contribution in [-0.4, -0.2) is 14.2 Å². The van der Waals surface area contributed by atoms with Crippen LogP contribution < -0.4 is 0 Å². The van der Waals surface area contributed by atoms with E-state index in [-0.39, 0.29) is 5.75 Å². The number of rotatable bonds is 0. The Labute approximate surface area is 77.5 Å². The molecule has 0 atom stereocenters. The zero-order valence-corrected chi connectivity index (χ0v) is 7.76. The van der Waals surface area contributed by atoms with Gasteiger partial charge in [0.2, 0.25) is 0 Å². The summed E-state index contributed by atoms with van der Waals surface area (Å²) >= 11 is 0. The molecule has 0 aliphatic carbocycles. The molecular formula is C10H8O2S. The topological polar surface area (TPSA) is 34.1 Å². The second-order valence-corrected chi connectivity index (χ2v) is 5.05. The summed E-state index contributed by atoms with van der Waals surface area (Å²) in [5.74, 6) is 2.60. The van der Waals surface area contributed by atoms with E-state index in [1.165, 1.54) is 0 Å². The lowest BCUT2D eigenvalue weighted by molar-refractivity contribution is 0.600. The maximum atomic E-state index is 11.5. The second-order valence-electron chi connectivity index (χ2n) is 3.01. The van der Waals surface area contributed by atoms with Crippen LogP contribution in [0.5, 0.6) is 0 Å². The molecule has 0 fully saturated rings. The van der Waals surface area contributed by atoms with E-state index in [2.05, 4.69) is 5.92 Å². The maximum Gasteiger partial charge on any atom is 0.180 e. The number of terminal acetylenes is 1. The number of aryl methyl sites for hydroxylation is 1. The highest BCUT2D eigenvalue weighted by Gasteiger charge is 2.28. The van der Waals surface area contributed by atoms with Crippen LogP contribution >= 0.6 is 0 Å². The highest BCUT2D eigenvalue weighted by Crippen LogP contribution is 2.28. The van der Waals surface area contributed by atoms with Gasteiger partial charge in [-0.05, 0) is 18.1 Å². The Bertz CT molecular complexity index is 492. The van der Waals surface area contributed by atoms with Crippen LogP contribution in [0.3, 0.4) is 0 Å². The number of sulfone groups is 1. The van der Waals surface area contributed by atoms with E-state index in [9.17, 15) is 8.42 Å². The van der Waals surface area contributed by atoms with Crippen molar-refractivity contribution in [2.24, 2.45) is 0 Å². The molecular weight excluding hydrogens is 184 g/mol. The van der Waals surface area contributed by atoms with Gasteiger partial charge in [-0.1, -0.05) is 18.1 Å². The summed E-state index contributed by atoms with van der Waals surface area (Å²) in [5.41, 5.74) is 1.35. The molecule has 1 heterocycles. The SMILES string of the molecule is C#Cc1cccc2c1S(=O)(=O)CC2. The molecule has 0 saturated heterocycles. The number of fused-ring (bicyclic) bond motifs is 1. The fourth-order valence-electron chi connectivity index (χ4n) is 1.61. The van der Waals surface area contributed by atoms with Gasteiger partial charge in [-0.3, -0.25) is 0 Å². The Morgan fingerprint density at radius 2 is 2.15 bits per heavy atom. The van der Waals surface area contributed by atoms with Crippen LogP contribution in [-0.2, 0) is 16.3 Å². The van der Waals surface area contributed by atoms with Crippen LogP contribution in [0.4, 0.5) is 0 Å². The van der Waals surface area contributed by atoms with Crippen molar-refractivity contribution in [3.63, 3.8) is 0 Å². The van der Waals surface area contributed by atoms with Gasteiger partial charge in [0, 0.05) is 5.56 Å². The van der Waals surface area contributed by atoms with Crippen LogP contribution in [0, 0.1) is 12.3 Å². The first kappa shape index (κ1) is 8.33. The highest BCUT2D eigenvalue weighted by atomic mass is 32.2. The average Bonchev–Trinajstić information content (AvgIpc) is 2.43. The molecule has 2 nitrogen and oxygen atoms in total. The fourth-order valence-corrected chi connectivity index (χ4v) is 3.33. The van der Waals surface area contributed by atoms with E-state index in [4.69, 9.17) is 6.42 Å². The number of hydrogen-bond donors (Lipinski definition) is 0. The first-order valence-electron chi connectivity index (χ1n) is 3.96. The van der Waals surface area contributed by atoms with Crippen molar-refractivity contribution in [3.05, 3.63) is 29.3 Å². The Balaban J connectivity index is 2.83. The number of hydrogen-bond acceptors (Lipinski definition) is 2. The molecule has 1 aromatic rings. The number of benzene rings is 1. The zero-order valence-electron chi connectivity index (χ0n) is 6.95. The van der Waals surface area contributed by atoms with Gasteiger partial charge < -0.3 is 0 Å². The highest BCUT2D eigenvalue weighted by molar-refractivity contribution is 7.91. The normalized spacial score (nSPS) is 17.8. The molecule has 0 saturated carbocycles. The average molecular weight is 192 g/mol. The molecule has 1 aliphatic heterocycles. The fraction of sp³-hybridized carbons (Fsp3) is 0.200. The summed E-state index contributed by atoms with van der Waals surface area (Å²) in [7, 11) is -3.09. The summed E-state index contributed by atoms with van der Waals surface area (Å²) < 4.78 is 23.1. The molecule has 0 radical (unpaired) electrons. The first-order chi connectivity index (χ1) is 6.15. The van der Waals surface area contributed by atoms with Crippen molar-refractivity contribution in [1.29, 1.82) is 0 Å². The van der Waals surface area contributed by atoms with E-state index in [0.717, 1.165) is 5.56 Å². The molecule has 0 unspecified atom stereocenters. The summed E-state index contributed by atoms with van der Waals surface area (Å²) in [6.45, 7) is 0. The van der Waals surface area contributed by atoms with Crippen LogP contribution in [0.1, 0.15) is 11.1 Å². The summed E-state index contributed by atoms with van der Waals surface area (Å²) in [6, 6.07) is 5.29.